The Kier molecular flexibility index (Phi) is 5.60. The van der Waals surface area contributed by atoms with Gasteiger partial charge in [0.1, 0.15) is 5.69 Å². The zero-order chi connectivity index (χ0) is 17.6. The molecular formula is C19H24N4O2. The summed E-state index contributed by atoms with van der Waals surface area (Å²) in [4.78, 5) is 25.2. The average Bonchev–Trinajstić information content (AvgIpc) is 3.14. The summed E-state index contributed by atoms with van der Waals surface area (Å²) in [5.41, 5.74) is 2.46. The minimum absolute atomic E-state index is 0.0731. The number of amides is 1. The van der Waals surface area contributed by atoms with Gasteiger partial charge in [-0.2, -0.15) is 0 Å². The van der Waals surface area contributed by atoms with Crippen molar-refractivity contribution in [2.45, 2.75) is 25.5 Å². The zero-order valence-electron chi connectivity index (χ0n) is 14.8. The third-order valence-electron chi connectivity index (χ3n) is 4.34. The maximum absolute atomic E-state index is 13.1. The van der Waals surface area contributed by atoms with Crippen LogP contribution in [0, 0.1) is 0 Å². The number of rotatable bonds is 6. The van der Waals surface area contributed by atoms with Crippen LogP contribution in [0.5, 0.6) is 0 Å². The minimum Gasteiger partial charge on any atom is -0.378 e. The molecule has 6 nitrogen and oxygen atoms in total. The summed E-state index contributed by atoms with van der Waals surface area (Å²) in [6, 6.07) is 7.58. The lowest BCUT2D eigenvalue weighted by molar-refractivity contribution is 0.0503. The Morgan fingerprint density at radius 1 is 1.24 bits per heavy atom. The summed E-state index contributed by atoms with van der Waals surface area (Å²) >= 11 is 0. The Labute approximate surface area is 148 Å². The maximum Gasteiger partial charge on any atom is 0.272 e. The first-order chi connectivity index (χ1) is 12.1. The first kappa shape index (κ1) is 17.4. The average molecular weight is 340 g/mol. The van der Waals surface area contributed by atoms with Gasteiger partial charge in [0.2, 0.25) is 0 Å². The van der Waals surface area contributed by atoms with E-state index >= 15 is 0 Å². The van der Waals surface area contributed by atoms with Gasteiger partial charge in [0, 0.05) is 58.1 Å². The molecule has 0 radical (unpaired) electrons. The van der Waals surface area contributed by atoms with Crippen molar-refractivity contribution in [2.75, 3.05) is 32.1 Å². The molecule has 1 amide bonds. The number of carbonyl (C=O) groups is 1. The fourth-order valence-electron chi connectivity index (χ4n) is 2.94. The van der Waals surface area contributed by atoms with Crippen LogP contribution in [0.2, 0.25) is 0 Å². The van der Waals surface area contributed by atoms with Gasteiger partial charge in [-0.25, -0.2) is 0 Å². The van der Waals surface area contributed by atoms with E-state index in [1.807, 2.05) is 48.2 Å². The van der Waals surface area contributed by atoms with Crippen molar-refractivity contribution in [2.24, 2.45) is 0 Å². The highest BCUT2D eigenvalue weighted by Gasteiger charge is 2.24. The Hall–Kier alpha value is -2.47. The Morgan fingerprint density at radius 3 is 2.72 bits per heavy atom. The smallest absolute Gasteiger partial charge is 0.272 e. The minimum atomic E-state index is -0.0731. The van der Waals surface area contributed by atoms with Crippen molar-refractivity contribution in [3.63, 3.8) is 0 Å². The highest BCUT2D eigenvalue weighted by Crippen LogP contribution is 2.18. The summed E-state index contributed by atoms with van der Waals surface area (Å²) in [6.07, 6.45) is 7.31. The second kappa shape index (κ2) is 8.07. The highest BCUT2D eigenvalue weighted by atomic mass is 16.5. The number of anilines is 1. The van der Waals surface area contributed by atoms with Gasteiger partial charge in [0.05, 0.1) is 6.10 Å². The molecule has 0 N–H and O–H groups in total. The molecule has 3 heterocycles. The third kappa shape index (κ3) is 4.54. The van der Waals surface area contributed by atoms with Crippen molar-refractivity contribution in [3.8, 4) is 0 Å². The van der Waals surface area contributed by atoms with Gasteiger partial charge in [0.25, 0.3) is 5.91 Å². The van der Waals surface area contributed by atoms with E-state index in [1.54, 1.807) is 18.6 Å². The predicted molar refractivity (Wildman–Crippen MR) is 96.5 cm³/mol. The summed E-state index contributed by atoms with van der Waals surface area (Å²) in [6.45, 7) is 1.88. The molecule has 2 aromatic rings. The lowest BCUT2D eigenvalue weighted by atomic mass is 10.2. The molecule has 132 valence electrons. The van der Waals surface area contributed by atoms with Gasteiger partial charge in [-0.3, -0.25) is 14.8 Å². The molecule has 1 fully saturated rings. The number of aromatic nitrogens is 2. The van der Waals surface area contributed by atoms with Crippen molar-refractivity contribution in [3.05, 3.63) is 54.1 Å². The lowest BCUT2D eigenvalue weighted by Gasteiger charge is -2.25. The summed E-state index contributed by atoms with van der Waals surface area (Å²) < 4.78 is 5.73. The number of carbonyl (C=O) groups excluding carboxylic acids is 1. The molecule has 0 spiro atoms. The molecule has 25 heavy (non-hydrogen) atoms. The molecule has 1 atom stereocenters. The predicted octanol–water partition coefficient (Wildman–Crippen LogP) is 2.36. The monoisotopic (exact) mass is 340 g/mol. The second-order valence-electron chi connectivity index (χ2n) is 6.47. The van der Waals surface area contributed by atoms with Gasteiger partial charge in [-0.05, 0) is 42.7 Å². The van der Waals surface area contributed by atoms with E-state index < -0.39 is 0 Å². The standard InChI is InChI=1S/C19H24N4O2/c1-22(2)16-7-10-21-18(12-16)19(24)23(14-17-4-3-11-25-17)13-15-5-8-20-9-6-15/h5-10,12,17H,3-4,11,13-14H2,1-2H3. The summed E-state index contributed by atoms with van der Waals surface area (Å²) in [5.74, 6) is -0.0731. The van der Waals surface area contributed by atoms with Gasteiger partial charge < -0.3 is 14.5 Å². The van der Waals surface area contributed by atoms with Crippen molar-refractivity contribution in [1.29, 1.82) is 0 Å². The molecule has 1 unspecified atom stereocenters. The molecule has 0 aromatic carbocycles. The molecular weight excluding hydrogens is 316 g/mol. The molecule has 1 aliphatic heterocycles. The van der Waals surface area contributed by atoms with Crippen LogP contribution in [0.15, 0.2) is 42.9 Å². The Morgan fingerprint density at radius 2 is 2.04 bits per heavy atom. The molecule has 0 saturated carbocycles. The zero-order valence-corrected chi connectivity index (χ0v) is 14.8. The molecule has 1 saturated heterocycles. The van der Waals surface area contributed by atoms with E-state index in [1.165, 1.54) is 0 Å². The fourth-order valence-corrected chi connectivity index (χ4v) is 2.94. The van der Waals surface area contributed by atoms with E-state index in [2.05, 4.69) is 9.97 Å². The van der Waals surface area contributed by atoms with Gasteiger partial charge in [0.15, 0.2) is 0 Å². The first-order valence-electron chi connectivity index (χ1n) is 8.56. The number of hydrogen-bond donors (Lipinski definition) is 0. The third-order valence-corrected chi connectivity index (χ3v) is 4.34. The van der Waals surface area contributed by atoms with Crippen LogP contribution in [0.1, 0.15) is 28.9 Å². The van der Waals surface area contributed by atoms with E-state index in [9.17, 15) is 4.79 Å². The molecule has 0 bridgehead atoms. The van der Waals surface area contributed by atoms with Crippen LogP contribution < -0.4 is 4.90 Å². The van der Waals surface area contributed by atoms with E-state index in [0.717, 1.165) is 30.7 Å². The van der Waals surface area contributed by atoms with Crippen LogP contribution in [0.4, 0.5) is 5.69 Å². The molecule has 0 aliphatic carbocycles. The molecule has 3 rings (SSSR count). The quantitative estimate of drug-likeness (QED) is 0.808. The van der Waals surface area contributed by atoms with Crippen molar-refractivity contribution < 1.29 is 9.53 Å². The van der Waals surface area contributed by atoms with Gasteiger partial charge >= 0.3 is 0 Å². The topological polar surface area (TPSA) is 58.6 Å². The van der Waals surface area contributed by atoms with E-state index in [-0.39, 0.29) is 12.0 Å². The first-order valence-corrected chi connectivity index (χ1v) is 8.56. The molecule has 2 aromatic heterocycles. The highest BCUT2D eigenvalue weighted by molar-refractivity contribution is 5.93. The van der Waals surface area contributed by atoms with Crippen LogP contribution in [-0.2, 0) is 11.3 Å². The van der Waals surface area contributed by atoms with Crippen molar-refractivity contribution in [1.82, 2.24) is 14.9 Å². The molecule has 6 heteroatoms. The number of hydrogen-bond acceptors (Lipinski definition) is 5. The second-order valence-corrected chi connectivity index (χ2v) is 6.47. The number of nitrogens with zero attached hydrogens (tertiary/aromatic N) is 4. The fraction of sp³-hybridized carbons (Fsp3) is 0.421. The Balaban J connectivity index is 1.81. The summed E-state index contributed by atoms with van der Waals surface area (Å²) in [7, 11) is 3.90. The normalized spacial score (nSPS) is 16.6. The van der Waals surface area contributed by atoms with E-state index in [4.69, 9.17) is 4.74 Å². The molecule has 1 aliphatic rings. The van der Waals surface area contributed by atoms with Crippen molar-refractivity contribution >= 4 is 11.6 Å². The van der Waals surface area contributed by atoms with Crippen LogP contribution >= 0.6 is 0 Å². The van der Waals surface area contributed by atoms with E-state index in [0.29, 0.717) is 18.8 Å². The van der Waals surface area contributed by atoms with Crippen LogP contribution in [0.3, 0.4) is 0 Å². The number of pyridine rings is 2. The van der Waals surface area contributed by atoms with Crippen LogP contribution in [0.25, 0.3) is 0 Å². The van der Waals surface area contributed by atoms with Gasteiger partial charge in [-0.1, -0.05) is 0 Å². The maximum atomic E-state index is 13.1. The number of ether oxygens (including phenoxy) is 1. The largest absolute Gasteiger partial charge is 0.378 e. The lowest BCUT2D eigenvalue weighted by Crippen LogP contribution is -2.37. The van der Waals surface area contributed by atoms with Gasteiger partial charge in [-0.15, -0.1) is 0 Å². The van der Waals surface area contributed by atoms with Crippen LogP contribution in [-0.4, -0.2) is 54.1 Å². The SMILES string of the molecule is CN(C)c1ccnc(C(=O)N(Cc2ccncc2)CC2CCCO2)c1. The Bertz CT molecular complexity index is 700. The summed E-state index contributed by atoms with van der Waals surface area (Å²) in [5, 5.41) is 0.